The first kappa shape index (κ1) is 18.1. The topological polar surface area (TPSA) is 76.9 Å². The zero-order chi connectivity index (χ0) is 18.7. The minimum absolute atomic E-state index is 0.0893. The summed E-state index contributed by atoms with van der Waals surface area (Å²) in [5.41, 5.74) is 1.57. The summed E-state index contributed by atoms with van der Waals surface area (Å²) in [6.07, 6.45) is 1.66. The quantitative estimate of drug-likeness (QED) is 0.553. The Labute approximate surface area is 155 Å². The van der Waals surface area contributed by atoms with Crippen molar-refractivity contribution in [3.63, 3.8) is 0 Å². The van der Waals surface area contributed by atoms with Crippen molar-refractivity contribution in [1.29, 1.82) is 0 Å². The van der Waals surface area contributed by atoms with E-state index in [0.717, 1.165) is 5.56 Å². The van der Waals surface area contributed by atoms with E-state index in [1.165, 1.54) is 11.8 Å². The van der Waals surface area contributed by atoms with Gasteiger partial charge in [-0.2, -0.15) is 0 Å². The lowest BCUT2D eigenvalue weighted by molar-refractivity contribution is -0.115. The van der Waals surface area contributed by atoms with Crippen LogP contribution in [-0.4, -0.2) is 25.7 Å². The molecule has 1 amide bonds. The van der Waals surface area contributed by atoms with E-state index in [1.54, 1.807) is 23.8 Å². The molecule has 2 aromatic heterocycles. The van der Waals surface area contributed by atoms with Crippen LogP contribution in [0.4, 0.5) is 5.82 Å². The van der Waals surface area contributed by atoms with Gasteiger partial charge in [-0.1, -0.05) is 23.9 Å². The Bertz CT molecular complexity index is 1020. The maximum Gasteiger partial charge on any atom is 0.262 e. The van der Waals surface area contributed by atoms with Gasteiger partial charge in [0.25, 0.3) is 5.56 Å². The summed E-state index contributed by atoms with van der Waals surface area (Å²) < 4.78 is 1.60. The highest BCUT2D eigenvalue weighted by Crippen LogP contribution is 2.23. The SMILES string of the molecule is CCn1c(SC(C)C(=O)Nc2cc(C)ccn2)nc2ccccc2c1=O. The molecule has 0 saturated heterocycles. The number of fused-ring (bicyclic) bond motifs is 1. The third-order valence-corrected chi connectivity index (χ3v) is 5.05. The molecule has 2 heterocycles. The number of rotatable bonds is 5. The fraction of sp³-hybridized carbons (Fsp3) is 0.263. The van der Waals surface area contributed by atoms with Gasteiger partial charge in [0.15, 0.2) is 5.16 Å². The summed E-state index contributed by atoms with van der Waals surface area (Å²) in [7, 11) is 0. The van der Waals surface area contributed by atoms with E-state index in [1.807, 2.05) is 44.2 Å². The molecule has 1 unspecified atom stereocenters. The summed E-state index contributed by atoms with van der Waals surface area (Å²) in [5, 5.41) is 3.50. The third kappa shape index (κ3) is 3.77. The second-order valence-electron chi connectivity index (χ2n) is 5.93. The van der Waals surface area contributed by atoms with Crippen LogP contribution in [0.25, 0.3) is 10.9 Å². The summed E-state index contributed by atoms with van der Waals surface area (Å²) in [4.78, 5) is 33.9. The number of aromatic nitrogens is 3. The lowest BCUT2D eigenvalue weighted by Crippen LogP contribution is -2.26. The number of aryl methyl sites for hydroxylation is 1. The molecule has 0 saturated carbocycles. The summed E-state index contributed by atoms with van der Waals surface area (Å²) in [6, 6.07) is 10.9. The molecule has 0 aliphatic rings. The van der Waals surface area contributed by atoms with Gasteiger partial charge in [-0.15, -0.1) is 0 Å². The molecule has 0 radical (unpaired) electrons. The highest BCUT2D eigenvalue weighted by atomic mass is 32.2. The van der Waals surface area contributed by atoms with Gasteiger partial charge in [0.05, 0.1) is 16.2 Å². The number of para-hydroxylation sites is 1. The number of hydrogen-bond donors (Lipinski definition) is 1. The predicted octanol–water partition coefficient (Wildman–Crippen LogP) is 3.24. The number of amides is 1. The molecule has 1 aromatic carbocycles. The van der Waals surface area contributed by atoms with Crippen molar-refractivity contribution in [2.24, 2.45) is 0 Å². The second kappa shape index (κ2) is 7.70. The van der Waals surface area contributed by atoms with E-state index >= 15 is 0 Å². The monoisotopic (exact) mass is 368 g/mol. The van der Waals surface area contributed by atoms with Crippen LogP contribution in [0.2, 0.25) is 0 Å². The Morgan fingerprint density at radius 1 is 1.31 bits per heavy atom. The van der Waals surface area contributed by atoms with E-state index in [9.17, 15) is 9.59 Å². The number of benzene rings is 1. The van der Waals surface area contributed by atoms with Crippen LogP contribution < -0.4 is 10.9 Å². The fourth-order valence-electron chi connectivity index (χ4n) is 2.56. The van der Waals surface area contributed by atoms with Crippen molar-refractivity contribution >= 4 is 34.4 Å². The standard InChI is InChI=1S/C19H20N4O2S/c1-4-23-18(25)14-7-5-6-8-15(14)21-19(23)26-13(3)17(24)22-16-11-12(2)9-10-20-16/h5-11,13H,4H2,1-3H3,(H,20,22,24). The zero-order valence-corrected chi connectivity index (χ0v) is 15.7. The Hall–Kier alpha value is -2.67. The Morgan fingerprint density at radius 2 is 2.08 bits per heavy atom. The van der Waals surface area contributed by atoms with Crippen LogP contribution in [0.1, 0.15) is 19.4 Å². The number of carbonyl (C=O) groups excluding carboxylic acids is 1. The Balaban J connectivity index is 1.85. The third-order valence-electron chi connectivity index (χ3n) is 3.96. The number of hydrogen-bond acceptors (Lipinski definition) is 5. The maximum absolute atomic E-state index is 12.7. The van der Waals surface area contributed by atoms with Crippen LogP contribution in [0.15, 0.2) is 52.5 Å². The van der Waals surface area contributed by atoms with Crippen LogP contribution in [0.5, 0.6) is 0 Å². The lowest BCUT2D eigenvalue weighted by atomic mass is 10.2. The van der Waals surface area contributed by atoms with Gasteiger partial charge >= 0.3 is 0 Å². The normalized spacial score (nSPS) is 12.1. The fourth-order valence-corrected chi connectivity index (χ4v) is 3.53. The number of pyridine rings is 1. The Morgan fingerprint density at radius 3 is 2.81 bits per heavy atom. The predicted molar refractivity (Wildman–Crippen MR) is 105 cm³/mol. The van der Waals surface area contributed by atoms with Crippen molar-refractivity contribution < 1.29 is 4.79 Å². The van der Waals surface area contributed by atoms with E-state index in [2.05, 4.69) is 15.3 Å². The van der Waals surface area contributed by atoms with Gasteiger partial charge < -0.3 is 5.32 Å². The molecule has 0 bridgehead atoms. The maximum atomic E-state index is 12.7. The highest BCUT2D eigenvalue weighted by molar-refractivity contribution is 8.00. The second-order valence-corrected chi connectivity index (χ2v) is 7.24. The van der Waals surface area contributed by atoms with E-state index in [0.29, 0.717) is 28.4 Å². The van der Waals surface area contributed by atoms with Gasteiger partial charge in [0.2, 0.25) is 5.91 Å². The first-order valence-corrected chi connectivity index (χ1v) is 9.27. The van der Waals surface area contributed by atoms with E-state index < -0.39 is 5.25 Å². The number of anilines is 1. The molecular weight excluding hydrogens is 348 g/mol. The van der Waals surface area contributed by atoms with Crippen molar-refractivity contribution in [2.45, 2.75) is 37.7 Å². The summed E-state index contributed by atoms with van der Waals surface area (Å²) >= 11 is 1.27. The zero-order valence-electron chi connectivity index (χ0n) is 14.9. The minimum atomic E-state index is -0.428. The first-order chi connectivity index (χ1) is 12.5. The molecule has 134 valence electrons. The van der Waals surface area contributed by atoms with Gasteiger partial charge in [0.1, 0.15) is 5.82 Å². The van der Waals surface area contributed by atoms with Crippen molar-refractivity contribution in [2.75, 3.05) is 5.32 Å². The molecule has 0 spiro atoms. The molecule has 1 N–H and O–H groups in total. The first-order valence-electron chi connectivity index (χ1n) is 8.39. The molecule has 0 aliphatic heterocycles. The van der Waals surface area contributed by atoms with Gasteiger partial charge in [-0.25, -0.2) is 9.97 Å². The van der Waals surface area contributed by atoms with Gasteiger partial charge in [-0.05, 0) is 50.6 Å². The van der Waals surface area contributed by atoms with Crippen molar-refractivity contribution in [3.8, 4) is 0 Å². The molecule has 1 atom stereocenters. The molecule has 0 fully saturated rings. The number of nitrogens with zero attached hydrogens (tertiary/aromatic N) is 3. The smallest absolute Gasteiger partial charge is 0.262 e. The van der Waals surface area contributed by atoms with Crippen molar-refractivity contribution in [1.82, 2.24) is 14.5 Å². The lowest BCUT2D eigenvalue weighted by Gasteiger charge is -2.15. The average molecular weight is 368 g/mol. The molecule has 3 aromatic rings. The van der Waals surface area contributed by atoms with E-state index in [-0.39, 0.29) is 11.5 Å². The number of nitrogens with one attached hydrogen (secondary N) is 1. The van der Waals surface area contributed by atoms with E-state index in [4.69, 9.17) is 0 Å². The molecule has 26 heavy (non-hydrogen) atoms. The van der Waals surface area contributed by atoms with Gasteiger partial charge in [0, 0.05) is 12.7 Å². The molecule has 6 nitrogen and oxygen atoms in total. The van der Waals surface area contributed by atoms with Crippen LogP contribution in [0.3, 0.4) is 0 Å². The molecular formula is C19H20N4O2S. The molecule has 0 aliphatic carbocycles. The highest BCUT2D eigenvalue weighted by Gasteiger charge is 2.19. The summed E-state index contributed by atoms with van der Waals surface area (Å²) in [6.45, 7) is 6.11. The summed E-state index contributed by atoms with van der Waals surface area (Å²) in [5.74, 6) is 0.333. The number of carbonyl (C=O) groups is 1. The Kier molecular flexibility index (Phi) is 5.37. The van der Waals surface area contributed by atoms with Crippen molar-refractivity contribution in [3.05, 3.63) is 58.5 Å². The van der Waals surface area contributed by atoms with Crippen LogP contribution in [-0.2, 0) is 11.3 Å². The molecule has 3 rings (SSSR count). The largest absolute Gasteiger partial charge is 0.310 e. The number of thioether (sulfide) groups is 1. The van der Waals surface area contributed by atoms with Crippen LogP contribution in [0, 0.1) is 6.92 Å². The molecule has 7 heteroatoms. The minimum Gasteiger partial charge on any atom is -0.310 e. The van der Waals surface area contributed by atoms with Crippen LogP contribution >= 0.6 is 11.8 Å². The van der Waals surface area contributed by atoms with Gasteiger partial charge in [-0.3, -0.25) is 14.2 Å². The average Bonchev–Trinajstić information content (AvgIpc) is 2.62.